The summed E-state index contributed by atoms with van der Waals surface area (Å²) in [6.45, 7) is 1.47. The predicted octanol–water partition coefficient (Wildman–Crippen LogP) is 3.33. The van der Waals surface area contributed by atoms with Gasteiger partial charge in [-0.2, -0.15) is 13.2 Å². The van der Waals surface area contributed by atoms with Gasteiger partial charge in [0.05, 0.1) is 16.5 Å². The fourth-order valence-corrected chi connectivity index (χ4v) is 1.78. The van der Waals surface area contributed by atoms with Crippen LogP contribution in [0.2, 0.25) is 0 Å². The molecule has 19 heavy (non-hydrogen) atoms. The smallest absolute Gasteiger partial charge is 0.393 e. The third kappa shape index (κ3) is 4.17. The molecule has 1 atom stereocenters. The van der Waals surface area contributed by atoms with Crippen molar-refractivity contribution in [3.8, 4) is 0 Å². The molecule has 1 aromatic carbocycles. The molecular formula is C11H10BrF3N2OS. The van der Waals surface area contributed by atoms with Crippen LogP contribution in [0, 0.1) is 5.92 Å². The van der Waals surface area contributed by atoms with Gasteiger partial charge in [0, 0.05) is 10.2 Å². The van der Waals surface area contributed by atoms with Gasteiger partial charge < -0.3 is 11.1 Å². The van der Waals surface area contributed by atoms with Crippen LogP contribution in [0.3, 0.4) is 0 Å². The molecule has 0 saturated carbocycles. The summed E-state index contributed by atoms with van der Waals surface area (Å²) in [4.78, 5) is 11.6. The summed E-state index contributed by atoms with van der Waals surface area (Å²) in [6, 6.07) is 3.40. The molecule has 0 saturated heterocycles. The number of benzene rings is 1. The number of amides is 1. The average Bonchev–Trinajstić information content (AvgIpc) is 2.28. The van der Waals surface area contributed by atoms with Crippen LogP contribution < -0.4 is 11.1 Å². The van der Waals surface area contributed by atoms with Gasteiger partial charge in [0.1, 0.15) is 0 Å². The van der Waals surface area contributed by atoms with Crippen LogP contribution >= 0.6 is 28.1 Å². The van der Waals surface area contributed by atoms with Gasteiger partial charge in [0.15, 0.2) is 0 Å². The number of carbonyl (C=O) groups is 1. The number of carbonyl (C=O) groups excluding carboxylic acids is 1. The molecule has 1 rings (SSSR count). The third-order valence-electron chi connectivity index (χ3n) is 2.36. The molecular weight excluding hydrogens is 345 g/mol. The number of rotatable bonds is 3. The molecule has 0 aliphatic carbocycles. The van der Waals surface area contributed by atoms with Gasteiger partial charge in [-0.25, -0.2) is 0 Å². The highest BCUT2D eigenvalue weighted by molar-refractivity contribution is 9.10. The third-order valence-corrected chi connectivity index (χ3v) is 3.40. The number of alkyl halides is 3. The Bertz CT molecular complexity index is 519. The standard InChI is InChI=1S/C11H10BrF3N2OS/c1-5(9(16)19)10(18)17-6-2-3-8(12)7(4-6)11(13,14)15/h2-5H,1H3,(H2,16,19)(H,17,18). The van der Waals surface area contributed by atoms with Crippen molar-refractivity contribution in [2.45, 2.75) is 13.1 Å². The lowest BCUT2D eigenvalue weighted by atomic mass is 10.1. The summed E-state index contributed by atoms with van der Waals surface area (Å²) in [5, 5.41) is 2.34. The number of nitrogens with two attached hydrogens (primary N) is 1. The lowest BCUT2D eigenvalue weighted by molar-refractivity contribution is -0.138. The van der Waals surface area contributed by atoms with Crippen molar-refractivity contribution in [3.63, 3.8) is 0 Å². The van der Waals surface area contributed by atoms with Crippen LogP contribution in [0.1, 0.15) is 12.5 Å². The molecule has 104 valence electrons. The molecule has 0 aliphatic rings. The van der Waals surface area contributed by atoms with Gasteiger partial charge in [-0.3, -0.25) is 4.79 Å². The Morgan fingerprint density at radius 1 is 1.47 bits per heavy atom. The lowest BCUT2D eigenvalue weighted by Crippen LogP contribution is -2.30. The van der Waals surface area contributed by atoms with Crippen LogP contribution in [-0.2, 0) is 11.0 Å². The molecule has 0 aliphatic heterocycles. The van der Waals surface area contributed by atoms with Crippen molar-refractivity contribution >= 4 is 44.7 Å². The second-order valence-electron chi connectivity index (χ2n) is 3.81. The summed E-state index contributed by atoms with van der Waals surface area (Å²) in [5.74, 6) is -1.31. The number of thiocarbonyl (C=S) groups is 1. The quantitative estimate of drug-likeness (QED) is 0.818. The summed E-state index contributed by atoms with van der Waals surface area (Å²) < 4.78 is 37.9. The van der Waals surface area contributed by atoms with Crippen LogP contribution in [0.25, 0.3) is 0 Å². The highest BCUT2D eigenvalue weighted by atomic mass is 79.9. The highest BCUT2D eigenvalue weighted by Crippen LogP contribution is 2.36. The summed E-state index contributed by atoms with van der Waals surface area (Å²) in [6.07, 6.45) is -4.51. The minimum Gasteiger partial charge on any atom is -0.393 e. The fourth-order valence-electron chi connectivity index (χ4n) is 1.20. The predicted molar refractivity (Wildman–Crippen MR) is 73.7 cm³/mol. The second kappa shape index (κ2) is 5.87. The maximum absolute atomic E-state index is 12.7. The first-order chi connectivity index (χ1) is 8.62. The minimum absolute atomic E-state index is 0.0225. The molecule has 1 aromatic rings. The van der Waals surface area contributed by atoms with Crippen molar-refractivity contribution in [1.82, 2.24) is 0 Å². The van der Waals surface area contributed by atoms with Crippen molar-refractivity contribution in [2.75, 3.05) is 5.32 Å². The van der Waals surface area contributed by atoms with Gasteiger partial charge in [-0.15, -0.1) is 0 Å². The van der Waals surface area contributed by atoms with E-state index in [9.17, 15) is 18.0 Å². The molecule has 0 bridgehead atoms. The van der Waals surface area contributed by atoms with Crippen LogP contribution in [0.15, 0.2) is 22.7 Å². The number of hydrogen-bond acceptors (Lipinski definition) is 2. The molecule has 3 nitrogen and oxygen atoms in total. The molecule has 0 heterocycles. The van der Waals surface area contributed by atoms with E-state index in [1.165, 1.54) is 19.1 Å². The van der Waals surface area contributed by atoms with Crippen molar-refractivity contribution in [3.05, 3.63) is 28.2 Å². The Labute approximate surface area is 121 Å². The SMILES string of the molecule is CC(C(=O)Nc1ccc(Br)c(C(F)(F)F)c1)C(N)=S. The van der Waals surface area contributed by atoms with Gasteiger partial charge in [-0.05, 0) is 25.1 Å². The molecule has 0 spiro atoms. The average molecular weight is 355 g/mol. The van der Waals surface area contributed by atoms with E-state index in [1.807, 2.05) is 0 Å². The highest BCUT2D eigenvalue weighted by Gasteiger charge is 2.33. The zero-order valence-electron chi connectivity index (χ0n) is 9.72. The first-order valence-corrected chi connectivity index (χ1v) is 6.30. The Hall–Kier alpha value is -1.15. The van der Waals surface area contributed by atoms with Crippen molar-refractivity contribution in [2.24, 2.45) is 11.7 Å². The molecule has 1 unspecified atom stereocenters. The molecule has 8 heteroatoms. The van der Waals surface area contributed by atoms with Gasteiger partial charge in [-0.1, -0.05) is 28.1 Å². The monoisotopic (exact) mass is 354 g/mol. The second-order valence-corrected chi connectivity index (χ2v) is 5.13. The Kier molecular flexibility index (Phi) is 4.92. The van der Waals surface area contributed by atoms with E-state index in [0.29, 0.717) is 0 Å². The maximum atomic E-state index is 12.7. The first kappa shape index (κ1) is 15.9. The topological polar surface area (TPSA) is 55.1 Å². The van der Waals surface area contributed by atoms with Crippen molar-refractivity contribution in [1.29, 1.82) is 0 Å². The number of halogens is 4. The van der Waals surface area contributed by atoms with Crippen LogP contribution in [0.4, 0.5) is 18.9 Å². The normalized spacial score (nSPS) is 12.9. The van der Waals surface area contributed by atoms with Crippen LogP contribution in [0.5, 0.6) is 0 Å². The molecule has 0 fully saturated rings. The Morgan fingerprint density at radius 2 is 2.05 bits per heavy atom. The zero-order chi connectivity index (χ0) is 14.8. The molecule has 0 aromatic heterocycles. The van der Waals surface area contributed by atoms with E-state index in [1.54, 1.807) is 0 Å². The fraction of sp³-hybridized carbons (Fsp3) is 0.273. The van der Waals surface area contributed by atoms with E-state index in [0.717, 1.165) is 6.07 Å². The summed E-state index contributed by atoms with van der Waals surface area (Å²) in [5.41, 5.74) is 4.46. The number of anilines is 1. The van der Waals surface area contributed by atoms with E-state index in [2.05, 4.69) is 33.5 Å². The van der Waals surface area contributed by atoms with Crippen LogP contribution in [-0.4, -0.2) is 10.9 Å². The minimum atomic E-state index is -4.51. The van der Waals surface area contributed by atoms with E-state index in [4.69, 9.17) is 5.73 Å². The molecule has 1 amide bonds. The number of hydrogen-bond donors (Lipinski definition) is 2. The Balaban J connectivity index is 2.98. The van der Waals surface area contributed by atoms with Gasteiger partial charge >= 0.3 is 6.18 Å². The molecule has 0 radical (unpaired) electrons. The first-order valence-electron chi connectivity index (χ1n) is 5.10. The van der Waals surface area contributed by atoms with Crippen molar-refractivity contribution < 1.29 is 18.0 Å². The summed E-state index contributed by atoms with van der Waals surface area (Å²) >= 11 is 7.46. The van der Waals surface area contributed by atoms with E-state index < -0.39 is 23.6 Å². The largest absolute Gasteiger partial charge is 0.417 e. The Morgan fingerprint density at radius 3 is 2.53 bits per heavy atom. The zero-order valence-corrected chi connectivity index (χ0v) is 12.1. The molecule has 3 N–H and O–H groups in total. The van der Waals surface area contributed by atoms with E-state index >= 15 is 0 Å². The van der Waals surface area contributed by atoms with Gasteiger partial charge in [0.25, 0.3) is 0 Å². The lowest BCUT2D eigenvalue weighted by Gasteiger charge is -2.14. The van der Waals surface area contributed by atoms with E-state index in [-0.39, 0.29) is 15.1 Å². The maximum Gasteiger partial charge on any atom is 0.417 e. The number of nitrogens with one attached hydrogen (secondary N) is 1. The van der Waals surface area contributed by atoms with Gasteiger partial charge in [0.2, 0.25) is 5.91 Å². The summed E-state index contributed by atoms with van der Waals surface area (Å²) in [7, 11) is 0.